The van der Waals surface area contributed by atoms with E-state index in [0.717, 1.165) is 18.6 Å². The molecule has 3 N–H and O–H groups in total. The molecular weight excluding hydrogens is 372 g/mol. The summed E-state index contributed by atoms with van der Waals surface area (Å²) in [5.41, 5.74) is 0.350. The van der Waals surface area contributed by atoms with Crippen molar-refractivity contribution < 1.29 is 19.2 Å². The Morgan fingerprint density at radius 3 is 2.62 bits per heavy atom. The number of allylic oxidation sites excluding steroid dienone is 1. The minimum atomic E-state index is -1.23. The molecule has 1 fully saturated rings. The number of rotatable bonds is 9. The van der Waals surface area contributed by atoms with Crippen LogP contribution in [0.5, 0.6) is 5.75 Å². The maximum atomic E-state index is 13.2. The molecule has 1 aliphatic rings. The van der Waals surface area contributed by atoms with E-state index in [-0.39, 0.29) is 28.6 Å². The van der Waals surface area contributed by atoms with Crippen LogP contribution in [0.4, 0.5) is 0 Å². The number of Topliss-reactive ketones (excluding diaryl/α,β-unsaturated/α-hetero) is 1. The molecule has 0 spiro atoms. The summed E-state index contributed by atoms with van der Waals surface area (Å²) < 4.78 is 17.5. The van der Waals surface area contributed by atoms with Crippen molar-refractivity contribution in [1.82, 2.24) is 5.32 Å². The van der Waals surface area contributed by atoms with Crippen LogP contribution in [0, 0.1) is 11.3 Å². The number of carbonyl (C=O) groups is 1. The Hall–Kier alpha value is -1.64. The molecule has 1 aromatic rings. The standard InChI is InChI=1S/C18H24N2O4S2/c1-5-25-17-12(26(4)23)9-8-11(16(17)24-3)15(21)13(18(22)20-2)14(19)10-6-7-10/h8-10,19-20,22H,5-7H2,1-4H3/b18-13-,19-14?. The lowest BCUT2D eigenvalue weighted by Crippen LogP contribution is -2.22. The highest BCUT2D eigenvalue weighted by molar-refractivity contribution is 8.00. The van der Waals surface area contributed by atoms with Gasteiger partial charge in [-0.25, -0.2) is 0 Å². The summed E-state index contributed by atoms with van der Waals surface area (Å²) in [5, 5.41) is 21.0. The lowest BCUT2D eigenvalue weighted by Gasteiger charge is -2.18. The van der Waals surface area contributed by atoms with E-state index < -0.39 is 17.0 Å². The summed E-state index contributed by atoms with van der Waals surface area (Å²) in [6.45, 7) is 1.96. The molecule has 0 aromatic heterocycles. The molecule has 1 unspecified atom stereocenters. The summed E-state index contributed by atoms with van der Waals surface area (Å²) in [5.74, 6) is 0.265. The van der Waals surface area contributed by atoms with Crippen molar-refractivity contribution in [3.05, 3.63) is 29.2 Å². The third kappa shape index (κ3) is 4.19. The van der Waals surface area contributed by atoms with Gasteiger partial charge in [0.1, 0.15) is 22.5 Å². The van der Waals surface area contributed by atoms with Gasteiger partial charge >= 0.3 is 0 Å². The van der Waals surface area contributed by atoms with Crippen molar-refractivity contribution in [2.24, 2.45) is 5.92 Å². The van der Waals surface area contributed by atoms with Gasteiger partial charge in [-0.3, -0.25) is 4.79 Å². The summed E-state index contributed by atoms with van der Waals surface area (Å²) in [6, 6.07) is 3.21. The molecule has 0 saturated heterocycles. The third-order valence-corrected chi connectivity index (χ3v) is 6.15. The second kappa shape index (κ2) is 8.83. The molecule has 26 heavy (non-hydrogen) atoms. The number of aliphatic hydroxyl groups excluding tert-OH is 1. The number of carbonyl (C=O) groups excluding carboxylic acids is 1. The van der Waals surface area contributed by atoms with E-state index in [9.17, 15) is 14.5 Å². The number of hydrogen-bond acceptors (Lipinski definition) is 7. The van der Waals surface area contributed by atoms with Crippen molar-refractivity contribution in [1.29, 1.82) is 5.41 Å². The maximum absolute atomic E-state index is 13.2. The Bertz CT molecular complexity index is 743. The number of hydrogen-bond donors (Lipinski definition) is 3. The number of thioether (sulfide) groups is 1. The van der Waals surface area contributed by atoms with E-state index in [2.05, 4.69) is 5.32 Å². The van der Waals surface area contributed by atoms with E-state index in [4.69, 9.17) is 10.1 Å². The molecule has 0 aliphatic heterocycles. The summed E-state index contributed by atoms with van der Waals surface area (Å²) in [7, 11) is 2.96. The van der Waals surface area contributed by atoms with Gasteiger partial charge in [0, 0.05) is 13.0 Å². The Morgan fingerprint density at radius 1 is 1.50 bits per heavy atom. The van der Waals surface area contributed by atoms with Crippen LogP contribution in [0.2, 0.25) is 0 Å². The highest BCUT2D eigenvalue weighted by Crippen LogP contribution is 2.40. The van der Waals surface area contributed by atoms with Gasteiger partial charge in [-0.15, -0.1) is 11.8 Å². The first kappa shape index (κ1) is 20.7. The van der Waals surface area contributed by atoms with Crippen molar-refractivity contribution in [2.75, 3.05) is 26.2 Å². The van der Waals surface area contributed by atoms with E-state index in [1.54, 1.807) is 18.4 Å². The average molecular weight is 397 g/mol. The van der Waals surface area contributed by atoms with Gasteiger partial charge < -0.3 is 25.1 Å². The van der Waals surface area contributed by atoms with Crippen LogP contribution in [-0.2, 0) is 11.2 Å². The van der Waals surface area contributed by atoms with Crippen LogP contribution in [0.15, 0.2) is 33.4 Å². The summed E-state index contributed by atoms with van der Waals surface area (Å²) in [6.07, 6.45) is 3.26. The lowest BCUT2D eigenvalue weighted by atomic mass is 9.96. The second-order valence-corrected chi connectivity index (χ2v) is 8.47. The van der Waals surface area contributed by atoms with Gasteiger partial charge in [-0.2, -0.15) is 0 Å². The van der Waals surface area contributed by atoms with Gasteiger partial charge in [0.15, 0.2) is 10.8 Å². The highest BCUT2D eigenvalue weighted by Gasteiger charge is 2.35. The molecule has 1 aromatic carbocycles. The Balaban J connectivity index is 2.60. The molecule has 0 radical (unpaired) electrons. The average Bonchev–Trinajstić information content (AvgIpc) is 3.46. The van der Waals surface area contributed by atoms with Crippen molar-refractivity contribution in [3.8, 4) is 5.75 Å². The summed E-state index contributed by atoms with van der Waals surface area (Å²) in [4.78, 5) is 14.4. The Morgan fingerprint density at radius 2 is 2.15 bits per heavy atom. The maximum Gasteiger partial charge on any atom is 0.203 e. The number of benzene rings is 1. The zero-order valence-corrected chi connectivity index (χ0v) is 17.0. The SMILES string of the molecule is CCSc1c([S+](C)[O-])ccc(C(=O)/C(C(=N)C2CC2)=C(\O)NC)c1OC. The Kier molecular flexibility index (Phi) is 7.02. The topological polar surface area (TPSA) is 105 Å². The smallest absolute Gasteiger partial charge is 0.203 e. The van der Waals surface area contributed by atoms with Crippen LogP contribution in [0.25, 0.3) is 0 Å². The van der Waals surface area contributed by atoms with Crippen molar-refractivity contribution in [3.63, 3.8) is 0 Å². The van der Waals surface area contributed by atoms with Gasteiger partial charge in [-0.05, 0) is 41.9 Å². The van der Waals surface area contributed by atoms with Crippen molar-refractivity contribution >= 4 is 34.4 Å². The molecule has 1 aliphatic carbocycles. The minimum absolute atomic E-state index is 0.00218. The molecule has 1 atom stereocenters. The van der Waals surface area contributed by atoms with Crippen LogP contribution in [-0.4, -0.2) is 47.3 Å². The van der Waals surface area contributed by atoms with E-state index in [1.807, 2.05) is 6.92 Å². The minimum Gasteiger partial charge on any atom is -0.612 e. The highest BCUT2D eigenvalue weighted by atomic mass is 32.2. The zero-order chi connectivity index (χ0) is 19.4. The van der Waals surface area contributed by atoms with E-state index in [1.165, 1.54) is 25.9 Å². The normalized spacial score (nSPS) is 15.9. The molecule has 1 saturated carbocycles. The predicted molar refractivity (Wildman–Crippen MR) is 105 cm³/mol. The molecule has 8 heteroatoms. The fourth-order valence-corrected chi connectivity index (χ4v) is 4.59. The van der Waals surface area contributed by atoms with Gasteiger partial charge in [-0.1, -0.05) is 6.92 Å². The van der Waals surface area contributed by atoms with Crippen LogP contribution in [0.1, 0.15) is 30.1 Å². The fraction of sp³-hybridized carbons (Fsp3) is 0.444. The number of methoxy groups -OCH3 is 1. The third-order valence-electron chi connectivity index (χ3n) is 4.08. The predicted octanol–water partition coefficient (Wildman–Crippen LogP) is 3.15. The first-order chi connectivity index (χ1) is 12.4. The van der Waals surface area contributed by atoms with Crippen LogP contribution in [0.3, 0.4) is 0 Å². The molecule has 0 bridgehead atoms. The largest absolute Gasteiger partial charge is 0.612 e. The number of ketones is 1. The van der Waals surface area contributed by atoms with Gasteiger partial charge in [0.2, 0.25) is 5.78 Å². The van der Waals surface area contributed by atoms with Gasteiger partial charge in [0.25, 0.3) is 0 Å². The molecule has 0 heterocycles. The molecule has 142 valence electrons. The van der Waals surface area contributed by atoms with E-state index >= 15 is 0 Å². The second-order valence-electron chi connectivity index (χ2n) is 5.85. The first-order valence-corrected chi connectivity index (χ1v) is 10.8. The van der Waals surface area contributed by atoms with E-state index in [0.29, 0.717) is 15.5 Å². The van der Waals surface area contributed by atoms with Gasteiger partial charge in [0.05, 0.1) is 18.4 Å². The van der Waals surface area contributed by atoms with Crippen molar-refractivity contribution in [2.45, 2.75) is 29.6 Å². The lowest BCUT2D eigenvalue weighted by molar-refractivity contribution is 0.103. The number of nitrogens with one attached hydrogen (secondary N) is 2. The molecule has 6 nitrogen and oxygen atoms in total. The quantitative estimate of drug-likeness (QED) is 0.148. The number of ether oxygens (including phenoxy) is 1. The summed E-state index contributed by atoms with van der Waals surface area (Å²) >= 11 is 0.217. The Labute approximate surface area is 161 Å². The molecule has 2 rings (SSSR count). The molecule has 0 amide bonds. The van der Waals surface area contributed by atoms with Crippen LogP contribution >= 0.6 is 11.8 Å². The number of aliphatic hydroxyl groups is 1. The van der Waals surface area contributed by atoms with Crippen LogP contribution < -0.4 is 10.1 Å². The fourth-order valence-electron chi connectivity index (χ4n) is 2.63. The zero-order valence-electron chi connectivity index (χ0n) is 15.3. The monoisotopic (exact) mass is 396 g/mol. The molecular formula is C18H24N2O4S2. The first-order valence-electron chi connectivity index (χ1n) is 8.28.